The van der Waals surface area contributed by atoms with Crippen LogP contribution < -0.4 is 5.32 Å². The minimum Gasteiger partial charge on any atom is -0.353 e. The Kier molecular flexibility index (Phi) is 6.87. The first-order chi connectivity index (χ1) is 16.0. The second kappa shape index (κ2) is 9.99. The predicted molar refractivity (Wildman–Crippen MR) is 130 cm³/mol. The Morgan fingerprint density at radius 1 is 1.03 bits per heavy atom. The molecule has 1 atom stereocenters. The molecule has 170 valence electrons. The number of hydrogen-bond donors (Lipinski definition) is 1. The zero-order chi connectivity index (χ0) is 23.3. The second-order valence-corrected chi connectivity index (χ2v) is 9.21. The zero-order valence-corrected chi connectivity index (χ0v) is 19.3. The number of likely N-dealkylation sites (tertiary alicyclic amines) is 1. The van der Waals surface area contributed by atoms with E-state index in [1.807, 2.05) is 79.5 Å². The fourth-order valence-electron chi connectivity index (χ4n) is 4.64. The van der Waals surface area contributed by atoms with E-state index in [1.54, 1.807) is 6.20 Å². The van der Waals surface area contributed by atoms with Gasteiger partial charge in [0.1, 0.15) is 0 Å². The molecule has 2 heterocycles. The van der Waals surface area contributed by atoms with Crippen LogP contribution in [0.15, 0.2) is 79.1 Å². The van der Waals surface area contributed by atoms with Crippen molar-refractivity contribution >= 4 is 11.8 Å². The molecule has 1 unspecified atom stereocenters. The molecule has 1 saturated heterocycles. The van der Waals surface area contributed by atoms with Crippen molar-refractivity contribution in [1.82, 2.24) is 15.2 Å². The van der Waals surface area contributed by atoms with E-state index in [0.717, 1.165) is 22.3 Å². The average Bonchev–Trinajstić information content (AvgIpc) is 3.26. The van der Waals surface area contributed by atoms with Crippen molar-refractivity contribution in [2.24, 2.45) is 5.41 Å². The summed E-state index contributed by atoms with van der Waals surface area (Å²) in [5.41, 5.74) is 3.55. The average molecular weight is 442 g/mol. The fraction of sp³-hybridized carbons (Fsp3) is 0.321. The number of benzene rings is 2. The van der Waals surface area contributed by atoms with Crippen LogP contribution in [0.25, 0.3) is 11.1 Å². The molecule has 5 heteroatoms. The van der Waals surface area contributed by atoms with Crippen molar-refractivity contribution in [1.29, 1.82) is 0 Å². The Bertz CT molecular complexity index is 1100. The lowest BCUT2D eigenvalue weighted by atomic mass is 9.78. The first-order valence-electron chi connectivity index (χ1n) is 11.6. The number of hydrogen-bond acceptors (Lipinski definition) is 3. The van der Waals surface area contributed by atoms with Gasteiger partial charge in [-0.3, -0.25) is 14.6 Å². The van der Waals surface area contributed by atoms with Gasteiger partial charge in [0.15, 0.2) is 0 Å². The zero-order valence-electron chi connectivity index (χ0n) is 19.3. The van der Waals surface area contributed by atoms with Crippen molar-refractivity contribution in [3.63, 3.8) is 0 Å². The highest BCUT2D eigenvalue weighted by Crippen LogP contribution is 2.38. The van der Waals surface area contributed by atoms with Crippen LogP contribution >= 0.6 is 0 Å². The van der Waals surface area contributed by atoms with Crippen molar-refractivity contribution in [3.05, 3.63) is 90.3 Å². The number of amides is 2. The van der Waals surface area contributed by atoms with Gasteiger partial charge in [0.2, 0.25) is 11.8 Å². The molecule has 1 aromatic heterocycles. The molecule has 0 bridgehead atoms. The minimum atomic E-state index is -0.658. The molecule has 0 radical (unpaired) electrons. The Balaban J connectivity index is 1.61. The molecule has 1 aliphatic heterocycles. The summed E-state index contributed by atoms with van der Waals surface area (Å²) in [6, 6.07) is 22.0. The van der Waals surface area contributed by atoms with Crippen LogP contribution in [0.4, 0.5) is 0 Å². The van der Waals surface area contributed by atoms with E-state index in [-0.39, 0.29) is 17.9 Å². The summed E-state index contributed by atoms with van der Waals surface area (Å²) in [6.07, 6.45) is 5.19. The van der Waals surface area contributed by atoms with Gasteiger partial charge >= 0.3 is 0 Å². The quantitative estimate of drug-likeness (QED) is 0.595. The highest BCUT2D eigenvalue weighted by molar-refractivity contribution is 5.87. The molecule has 0 saturated carbocycles. The van der Waals surface area contributed by atoms with Gasteiger partial charge in [-0.2, -0.15) is 0 Å². The first-order valence-corrected chi connectivity index (χ1v) is 11.6. The minimum absolute atomic E-state index is 0.0218. The number of nitrogens with zero attached hydrogens (tertiary/aromatic N) is 2. The maximum atomic E-state index is 13.5. The SMILES string of the molecule is CC(C)NC(=O)C1(Cc2ccccc2-c2cccnc2)CCN(C(=O)Cc2ccccc2)C1. The third kappa shape index (κ3) is 5.30. The number of carbonyl (C=O) groups excluding carboxylic acids is 2. The first kappa shape index (κ1) is 22.7. The molecule has 0 spiro atoms. The van der Waals surface area contributed by atoms with Crippen molar-refractivity contribution < 1.29 is 9.59 Å². The summed E-state index contributed by atoms with van der Waals surface area (Å²) in [5.74, 6) is 0.0921. The fourth-order valence-corrected chi connectivity index (χ4v) is 4.64. The summed E-state index contributed by atoms with van der Waals surface area (Å²) in [5, 5.41) is 3.12. The molecule has 1 aliphatic rings. The third-order valence-corrected chi connectivity index (χ3v) is 6.32. The Labute approximate surface area is 195 Å². The number of nitrogens with one attached hydrogen (secondary N) is 1. The molecule has 0 aliphatic carbocycles. The lowest BCUT2D eigenvalue weighted by Gasteiger charge is -2.30. The summed E-state index contributed by atoms with van der Waals surface area (Å²) >= 11 is 0. The Morgan fingerprint density at radius 2 is 1.79 bits per heavy atom. The highest BCUT2D eigenvalue weighted by Gasteiger charge is 2.46. The lowest BCUT2D eigenvalue weighted by molar-refractivity contribution is -0.133. The molecule has 5 nitrogen and oxygen atoms in total. The predicted octanol–water partition coefficient (Wildman–Crippen LogP) is 4.28. The highest BCUT2D eigenvalue weighted by atomic mass is 16.2. The van der Waals surface area contributed by atoms with Gasteiger partial charge in [0.25, 0.3) is 0 Å². The van der Waals surface area contributed by atoms with Crippen LogP contribution in [0.5, 0.6) is 0 Å². The van der Waals surface area contributed by atoms with E-state index >= 15 is 0 Å². The molecule has 2 aromatic carbocycles. The summed E-state index contributed by atoms with van der Waals surface area (Å²) in [4.78, 5) is 32.7. The largest absolute Gasteiger partial charge is 0.353 e. The molecule has 1 fully saturated rings. The molecule has 3 aromatic rings. The van der Waals surface area contributed by atoms with Crippen LogP contribution in [0, 0.1) is 5.41 Å². The van der Waals surface area contributed by atoms with E-state index in [2.05, 4.69) is 22.4 Å². The smallest absolute Gasteiger partial charge is 0.228 e. The number of rotatable bonds is 7. The van der Waals surface area contributed by atoms with E-state index < -0.39 is 5.41 Å². The van der Waals surface area contributed by atoms with Crippen molar-refractivity contribution in [3.8, 4) is 11.1 Å². The standard InChI is InChI=1S/C28H31N3O2/c1-21(2)30-27(33)28(14-16-31(20-28)26(32)17-22-9-4-3-5-10-22)18-23-11-6-7-13-25(23)24-12-8-15-29-19-24/h3-13,15,19,21H,14,16-18,20H2,1-2H3,(H,30,33). The van der Waals surface area contributed by atoms with Crippen molar-refractivity contribution in [2.45, 2.75) is 39.2 Å². The second-order valence-electron chi connectivity index (χ2n) is 9.21. The van der Waals surface area contributed by atoms with E-state index in [1.165, 1.54) is 0 Å². The maximum Gasteiger partial charge on any atom is 0.228 e. The van der Waals surface area contributed by atoms with E-state index in [4.69, 9.17) is 0 Å². The number of pyridine rings is 1. The van der Waals surface area contributed by atoms with Crippen LogP contribution in [0.3, 0.4) is 0 Å². The summed E-state index contributed by atoms with van der Waals surface area (Å²) in [6.45, 7) is 4.97. The van der Waals surface area contributed by atoms with Gasteiger partial charge in [0, 0.05) is 37.1 Å². The topological polar surface area (TPSA) is 62.3 Å². The van der Waals surface area contributed by atoms with Gasteiger partial charge in [-0.05, 0) is 49.4 Å². The van der Waals surface area contributed by atoms with Crippen molar-refractivity contribution in [2.75, 3.05) is 13.1 Å². The molecular weight excluding hydrogens is 410 g/mol. The van der Waals surface area contributed by atoms with Gasteiger partial charge < -0.3 is 10.2 Å². The Morgan fingerprint density at radius 3 is 2.52 bits per heavy atom. The lowest BCUT2D eigenvalue weighted by Crippen LogP contribution is -2.47. The van der Waals surface area contributed by atoms with Gasteiger partial charge in [-0.15, -0.1) is 0 Å². The molecule has 2 amide bonds. The van der Waals surface area contributed by atoms with Gasteiger partial charge in [-0.25, -0.2) is 0 Å². The normalized spacial score (nSPS) is 17.8. The van der Waals surface area contributed by atoms with Crippen LogP contribution in [0.2, 0.25) is 0 Å². The van der Waals surface area contributed by atoms with E-state index in [0.29, 0.717) is 32.4 Å². The molecule has 33 heavy (non-hydrogen) atoms. The maximum absolute atomic E-state index is 13.5. The van der Waals surface area contributed by atoms with Crippen LogP contribution in [-0.2, 0) is 22.4 Å². The molecular formula is C28H31N3O2. The van der Waals surface area contributed by atoms with Gasteiger partial charge in [0.05, 0.1) is 11.8 Å². The third-order valence-electron chi connectivity index (χ3n) is 6.32. The number of aromatic nitrogens is 1. The molecule has 1 N–H and O–H groups in total. The van der Waals surface area contributed by atoms with Gasteiger partial charge in [-0.1, -0.05) is 60.7 Å². The monoisotopic (exact) mass is 441 g/mol. The van der Waals surface area contributed by atoms with E-state index in [9.17, 15) is 9.59 Å². The number of carbonyl (C=O) groups is 2. The Hall–Kier alpha value is -3.47. The van der Waals surface area contributed by atoms with Crippen LogP contribution in [0.1, 0.15) is 31.4 Å². The summed E-state index contributed by atoms with van der Waals surface area (Å²) in [7, 11) is 0. The van der Waals surface area contributed by atoms with Crippen LogP contribution in [-0.4, -0.2) is 40.8 Å². The summed E-state index contributed by atoms with van der Waals surface area (Å²) < 4.78 is 0. The molecule has 4 rings (SSSR count).